The number of carbonyl (C=O) groups excluding carboxylic acids is 1. The molecule has 0 unspecified atom stereocenters. The van der Waals surface area contributed by atoms with E-state index >= 15 is 0 Å². The fourth-order valence-electron chi connectivity index (χ4n) is 2.54. The Morgan fingerprint density at radius 3 is 2.65 bits per heavy atom. The Labute approximate surface area is 119 Å². The molecule has 1 fully saturated rings. The van der Waals surface area contributed by atoms with Crippen molar-refractivity contribution in [3.8, 4) is 5.75 Å². The lowest BCUT2D eigenvalue weighted by molar-refractivity contribution is -0.146. The van der Waals surface area contributed by atoms with E-state index in [-0.39, 0.29) is 5.91 Å². The summed E-state index contributed by atoms with van der Waals surface area (Å²) in [5, 5.41) is 6.20. The van der Waals surface area contributed by atoms with Crippen LogP contribution < -0.4 is 15.4 Å². The molecule has 2 rings (SSSR count). The molecule has 2 N–H and O–H groups in total. The summed E-state index contributed by atoms with van der Waals surface area (Å²) in [7, 11) is 3.23. The predicted molar refractivity (Wildman–Crippen MR) is 76.7 cm³/mol. The number of nitrogens with one attached hydrogen (secondary N) is 2. The number of methoxy groups -OCH3 is 2. The van der Waals surface area contributed by atoms with Gasteiger partial charge >= 0.3 is 0 Å². The average Bonchev–Trinajstić information content (AvgIpc) is 2.53. The highest BCUT2D eigenvalue weighted by Crippen LogP contribution is 2.23. The smallest absolute Gasteiger partial charge is 0.252 e. The van der Waals surface area contributed by atoms with E-state index in [1.165, 1.54) is 0 Å². The van der Waals surface area contributed by atoms with Crippen LogP contribution in [0, 0.1) is 0 Å². The molecule has 1 aromatic rings. The number of benzene rings is 1. The third kappa shape index (κ3) is 3.11. The van der Waals surface area contributed by atoms with Gasteiger partial charge in [0.1, 0.15) is 11.4 Å². The molecule has 1 saturated heterocycles. The van der Waals surface area contributed by atoms with Crippen molar-refractivity contribution in [1.82, 2.24) is 10.6 Å². The van der Waals surface area contributed by atoms with Gasteiger partial charge in [-0.2, -0.15) is 0 Å². The van der Waals surface area contributed by atoms with Gasteiger partial charge in [0.05, 0.1) is 7.11 Å². The fourth-order valence-corrected chi connectivity index (χ4v) is 2.54. The average molecular weight is 278 g/mol. The van der Waals surface area contributed by atoms with E-state index < -0.39 is 5.60 Å². The van der Waals surface area contributed by atoms with Crippen molar-refractivity contribution >= 4 is 5.91 Å². The molecule has 5 heteroatoms. The van der Waals surface area contributed by atoms with Crippen LogP contribution in [0.15, 0.2) is 24.3 Å². The number of para-hydroxylation sites is 1. The molecular weight excluding hydrogens is 256 g/mol. The van der Waals surface area contributed by atoms with Crippen LogP contribution in [0.1, 0.15) is 18.4 Å². The van der Waals surface area contributed by atoms with Crippen LogP contribution in [0.2, 0.25) is 0 Å². The second-order valence-corrected chi connectivity index (χ2v) is 4.94. The fraction of sp³-hybridized carbons (Fsp3) is 0.533. The highest BCUT2D eigenvalue weighted by molar-refractivity contribution is 5.85. The Kier molecular flexibility index (Phi) is 4.98. The van der Waals surface area contributed by atoms with Crippen molar-refractivity contribution in [2.45, 2.75) is 25.0 Å². The number of ether oxygens (including phenoxy) is 2. The van der Waals surface area contributed by atoms with Gasteiger partial charge in [-0.1, -0.05) is 18.2 Å². The molecule has 0 aromatic heterocycles. The highest BCUT2D eigenvalue weighted by atomic mass is 16.5. The van der Waals surface area contributed by atoms with Crippen LogP contribution in [-0.2, 0) is 16.1 Å². The molecule has 0 atom stereocenters. The maximum Gasteiger partial charge on any atom is 0.252 e. The van der Waals surface area contributed by atoms with Crippen molar-refractivity contribution in [3.63, 3.8) is 0 Å². The Morgan fingerprint density at radius 1 is 1.30 bits per heavy atom. The summed E-state index contributed by atoms with van der Waals surface area (Å²) in [6, 6.07) is 7.67. The van der Waals surface area contributed by atoms with Crippen LogP contribution in [0.25, 0.3) is 0 Å². The largest absolute Gasteiger partial charge is 0.496 e. The highest BCUT2D eigenvalue weighted by Gasteiger charge is 2.39. The molecule has 1 amide bonds. The zero-order chi connectivity index (χ0) is 14.4. The SMILES string of the molecule is COc1ccccc1CNC(=O)C1(OC)CCNCC1. The van der Waals surface area contributed by atoms with Gasteiger partial charge in [-0.05, 0) is 32.0 Å². The third-order valence-electron chi connectivity index (χ3n) is 3.85. The molecule has 1 heterocycles. The van der Waals surface area contributed by atoms with E-state index in [0.717, 1.165) is 24.4 Å². The van der Waals surface area contributed by atoms with Crippen LogP contribution in [0.4, 0.5) is 0 Å². The van der Waals surface area contributed by atoms with Crippen LogP contribution in [0.5, 0.6) is 5.75 Å². The minimum Gasteiger partial charge on any atom is -0.496 e. The van der Waals surface area contributed by atoms with Gasteiger partial charge in [-0.3, -0.25) is 4.79 Å². The number of carbonyl (C=O) groups is 1. The van der Waals surface area contributed by atoms with Gasteiger partial charge in [-0.25, -0.2) is 0 Å². The predicted octanol–water partition coefficient (Wildman–Crippen LogP) is 1.08. The number of hydrogen-bond donors (Lipinski definition) is 2. The Hall–Kier alpha value is -1.59. The lowest BCUT2D eigenvalue weighted by Crippen LogP contribution is -2.53. The second-order valence-electron chi connectivity index (χ2n) is 4.94. The summed E-state index contributed by atoms with van der Waals surface area (Å²) >= 11 is 0. The van der Waals surface area contributed by atoms with Gasteiger partial charge in [0.15, 0.2) is 0 Å². The summed E-state index contributed by atoms with van der Waals surface area (Å²) in [5.74, 6) is 0.733. The van der Waals surface area contributed by atoms with Crippen molar-refractivity contribution in [3.05, 3.63) is 29.8 Å². The maximum atomic E-state index is 12.4. The van der Waals surface area contributed by atoms with Crippen molar-refractivity contribution in [2.75, 3.05) is 27.3 Å². The van der Waals surface area contributed by atoms with E-state index in [9.17, 15) is 4.79 Å². The molecule has 0 bridgehead atoms. The lowest BCUT2D eigenvalue weighted by Gasteiger charge is -2.34. The first-order valence-electron chi connectivity index (χ1n) is 6.88. The minimum atomic E-state index is -0.701. The van der Waals surface area contributed by atoms with E-state index in [1.807, 2.05) is 24.3 Å². The van der Waals surface area contributed by atoms with Crippen molar-refractivity contribution in [2.24, 2.45) is 0 Å². The molecule has 1 aliphatic heterocycles. The lowest BCUT2D eigenvalue weighted by atomic mass is 9.91. The molecule has 0 saturated carbocycles. The number of rotatable bonds is 5. The Bertz CT molecular complexity index is 456. The van der Waals surface area contributed by atoms with E-state index in [1.54, 1.807) is 14.2 Å². The molecule has 110 valence electrons. The molecule has 1 aliphatic rings. The number of piperidine rings is 1. The van der Waals surface area contributed by atoms with E-state index in [4.69, 9.17) is 9.47 Å². The molecule has 5 nitrogen and oxygen atoms in total. The molecular formula is C15H22N2O3. The molecule has 20 heavy (non-hydrogen) atoms. The third-order valence-corrected chi connectivity index (χ3v) is 3.85. The Morgan fingerprint density at radius 2 is 2.00 bits per heavy atom. The second kappa shape index (κ2) is 6.72. The molecule has 0 radical (unpaired) electrons. The first kappa shape index (κ1) is 14.8. The topological polar surface area (TPSA) is 59.6 Å². The monoisotopic (exact) mass is 278 g/mol. The summed E-state index contributed by atoms with van der Waals surface area (Å²) in [6.45, 7) is 2.05. The maximum absolute atomic E-state index is 12.4. The first-order chi connectivity index (χ1) is 9.72. The first-order valence-corrected chi connectivity index (χ1v) is 6.88. The summed E-state index contributed by atoms with van der Waals surface area (Å²) in [4.78, 5) is 12.4. The quantitative estimate of drug-likeness (QED) is 0.846. The normalized spacial score (nSPS) is 17.5. The van der Waals surface area contributed by atoms with Crippen LogP contribution in [-0.4, -0.2) is 38.8 Å². The summed E-state index contributed by atoms with van der Waals surface area (Å²) < 4.78 is 10.8. The van der Waals surface area contributed by atoms with Gasteiger partial charge in [0, 0.05) is 19.2 Å². The zero-order valence-electron chi connectivity index (χ0n) is 12.1. The van der Waals surface area contributed by atoms with E-state index in [2.05, 4.69) is 10.6 Å². The standard InChI is InChI=1S/C15H22N2O3/c1-19-13-6-4-3-5-12(13)11-17-14(18)15(20-2)7-9-16-10-8-15/h3-6,16H,7-11H2,1-2H3,(H,17,18). The van der Waals surface area contributed by atoms with Gasteiger partial charge < -0.3 is 20.1 Å². The number of amides is 1. The van der Waals surface area contributed by atoms with Crippen molar-refractivity contribution in [1.29, 1.82) is 0 Å². The summed E-state index contributed by atoms with van der Waals surface area (Å²) in [6.07, 6.45) is 1.39. The molecule has 0 spiro atoms. The molecule has 1 aromatic carbocycles. The van der Waals surface area contributed by atoms with Gasteiger partial charge in [0.25, 0.3) is 5.91 Å². The number of hydrogen-bond acceptors (Lipinski definition) is 4. The zero-order valence-corrected chi connectivity index (χ0v) is 12.1. The van der Waals surface area contributed by atoms with E-state index in [0.29, 0.717) is 19.4 Å². The molecule has 0 aliphatic carbocycles. The van der Waals surface area contributed by atoms with Gasteiger partial charge in [0.2, 0.25) is 0 Å². The minimum absolute atomic E-state index is 0.0487. The van der Waals surface area contributed by atoms with Gasteiger partial charge in [-0.15, -0.1) is 0 Å². The van der Waals surface area contributed by atoms with Crippen molar-refractivity contribution < 1.29 is 14.3 Å². The van der Waals surface area contributed by atoms with Crippen LogP contribution in [0.3, 0.4) is 0 Å². The summed E-state index contributed by atoms with van der Waals surface area (Å²) in [5.41, 5.74) is 0.260. The Balaban J connectivity index is 2.00. The van der Waals surface area contributed by atoms with Crippen LogP contribution >= 0.6 is 0 Å².